The van der Waals surface area contributed by atoms with E-state index in [0.29, 0.717) is 11.1 Å². The van der Waals surface area contributed by atoms with Gasteiger partial charge in [0.05, 0.1) is 6.61 Å². The van der Waals surface area contributed by atoms with Crippen LogP contribution in [0.3, 0.4) is 0 Å². The standard InChI is InChI=1S/C15H18N2O2/c18-11-12-7-5-6-10-14(12)15(19)17-16-13-8-3-1-2-4-9-13/h3,5-10,16,18H,1-2,4,11H2,(H,17,19). The van der Waals surface area contributed by atoms with Gasteiger partial charge in [-0.05, 0) is 37.0 Å². The Hall–Kier alpha value is -2.07. The lowest BCUT2D eigenvalue weighted by atomic mass is 10.1. The average molecular weight is 258 g/mol. The summed E-state index contributed by atoms with van der Waals surface area (Å²) in [6, 6.07) is 7.00. The molecule has 0 fully saturated rings. The van der Waals surface area contributed by atoms with Crippen molar-refractivity contribution in [1.82, 2.24) is 10.9 Å². The number of nitrogens with one attached hydrogen (secondary N) is 2. The summed E-state index contributed by atoms with van der Waals surface area (Å²) in [5.41, 5.74) is 7.55. The van der Waals surface area contributed by atoms with Crippen LogP contribution < -0.4 is 10.9 Å². The fourth-order valence-electron chi connectivity index (χ4n) is 1.94. The quantitative estimate of drug-likeness (QED) is 0.724. The van der Waals surface area contributed by atoms with Gasteiger partial charge in [-0.1, -0.05) is 30.4 Å². The van der Waals surface area contributed by atoms with Gasteiger partial charge in [0.2, 0.25) is 0 Å². The summed E-state index contributed by atoms with van der Waals surface area (Å²) in [6.07, 6.45) is 9.29. The van der Waals surface area contributed by atoms with Crippen molar-refractivity contribution in [3.05, 3.63) is 59.3 Å². The largest absolute Gasteiger partial charge is 0.392 e. The van der Waals surface area contributed by atoms with Crippen molar-refractivity contribution in [2.75, 3.05) is 0 Å². The van der Waals surface area contributed by atoms with Crippen LogP contribution >= 0.6 is 0 Å². The summed E-state index contributed by atoms with van der Waals surface area (Å²) in [5.74, 6) is -0.247. The Bertz CT molecular complexity index is 507. The minimum atomic E-state index is -0.247. The van der Waals surface area contributed by atoms with E-state index in [1.54, 1.807) is 24.3 Å². The second-order valence-corrected chi connectivity index (χ2v) is 4.39. The third kappa shape index (κ3) is 3.69. The molecule has 100 valence electrons. The van der Waals surface area contributed by atoms with Gasteiger partial charge < -0.3 is 5.11 Å². The molecule has 4 heteroatoms. The van der Waals surface area contributed by atoms with E-state index in [-0.39, 0.29) is 12.5 Å². The molecular formula is C15H18N2O2. The van der Waals surface area contributed by atoms with Gasteiger partial charge in [0.15, 0.2) is 0 Å². The molecule has 0 aliphatic heterocycles. The van der Waals surface area contributed by atoms with Crippen LogP contribution in [0.25, 0.3) is 0 Å². The first-order valence-electron chi connectivity index (χ1n) is 6.43. The van der Waals surface area contributed by atoms with E-state index < -0.39 is 0 Å². The Kier molecular flexibility index (Phi) is 4.75. The molecule has 1 aliphatic rings. The van der Waals surface area contributed by atoms with Gasteiger partial charge in [0.1, 0.15) is 0 Å². The fraction of sp³-hybridized carbons (Fsp3) is 0.267. The summed E-state index contributed by atoms with van der Waals surface area (Å²) < 4.78 is 0. The predicted molar refractivity (Wildman–Crippen MR) is 74.0 cm³/mol. The Morgan fingerprint density at radius 3 is 2.95 bits per heavy atom. The topological polar surface area (TPSA) is 61.4 Å². The molecule has 4 nitrogen and oxygen atoms in total. The van der Waals surface area contributed by atoms with Gasteiger partial charge >= 0.3 is 0 Å². The van der Waals surface area contributed by atoms with E-state index >= 15 is 0 Å². The van der Waals surface area contributed by atoms with Crippen molar-refractivity contribution in [3.8, 4) is 0 Å². The maximum absolute atomic E-state index is 12.0. The normalized spacial score (nSPS) is 14.5. The molecule has 0 bridgehead atoms. The van der Waals surface area contributed by atoms with Crippen molar-refractivity contribution >= 4 is 5.91 Å². The lowest BCUT2D eigenvalue weighted by Gasteiger charge is -2.11. The Balaban J connectivity index is 1.99. The number of hydrogen-bond donors (Lipinski definition) is 3. The molecule has 0 atom stereocenters. The highest BCUT2D eigenvalue weighted by Gasteiger charge is 2.09. The molecule has 0 aromatic heterocycles. The predicted octanol–water partition coefficient (Wildman–Crippen LogP) is 2.04. The smallest absolute Gasteiger partial charge is 0.269 e. The minimum absolute atomic E-state index is 0.147. The molecule has 19 heavy (non-hydrogen) atoms. The van der Waals surface area contributed by atoms with Gasteiger partial charge in [-0.15, -0.1) is 0 Å². The van der Waals surface area contributed by atoms with Gasteiger partial charge in [-0.3, -0.25) is 15.6 Å². The summed E-state index contributed by atoms with van der Waals surface area (Å²) in [7, 11) is 0. The van der Waals surface area contributed by atoms with E-state index in [1.807, 2.05) is 6.08 Å². The number of amides is 1. The van der Waals surface area contributed by atoms with Crippen LogP contribution in [0.1, 0.15) is 35.2 Å². The van der Waals surface area contributed by atoms with Crippen LogP contribution in [-0.4, -0.2) is 11.0 Å². The van der Waals surface area contributed by atoms with Crippen LogP contribution in [0, 0.1) is 0 Å². The molecule has 1 aliphatic carbocycles. The van der Waals surface area contributed by atoms with Crippen molar-refractivity contribution < 1.29 is 9.90 Å². The highest BCUT2D eigenvalue weighted by molar-refractivity contribution is 5.95. The maximum atomic E-state index is 12.0. The van der Waals surface area contributed by atoms with Gasteiger partial charge in [0, 0.05) is 11.3 Å². The number of hydrogen-bond acceptors (Lipinski definition) is 3. The summed E-state index contributed by atoms with van der Waals surface area (Å²) in [6.45, 7) is -0.147. The number of carbonyl (C=O) groups excluding carboxylic acids is 1. The number of benzene rings is 1. The third-order valence-electron chi connectivity index (χ3n) is 2.99. The fourth-order valence-corrected chi connectivity index (χ4v) is 1.94. The lowest BCUT2D eigenvalue weighted by molar-refractivity contribution is 0.0936. The Morgan fingerprint density at radius 1 is 1.26 bits per heavy atom. The van der Waals surface area contributed by atoms with Gasteiger partial charge in [-0.2, -0.15) is 0 Å². The Morgan fingerprint density at radius 2 is 2.11 bits per heavy atom. The van der Waals surface area contributed by atoms with Crippen LogP contribution in [0.4, 0.5) is 0 Å². The molecule has 0 saturated carbocycles. The van der Waals surface area contributed by atoms with E-state index in [2.05, 4.69) is 23.0 Å². The number of allylic oxidation sites excluding steroid dienone is 3. The SMILES string of the molecule is O=C(NNC1=CCCCC=C1)c1ccccc1CO. The zero-order valence-electron chi connectivity index (χ0n) is 10.7. The van der Waals surface area contributed by atoms with Crippen molar-refractivity contribution in [1.29, 1.82) is 0 Å². The van der Waals surface area contributed by atoms with Crippen LogP contribution in [-0.2, 0) is 6.61 Å². The van der Waals surface area contributed by atoms with E-state index in [0.717, 1.165) is 25.0 Å². The molecule has 1 amide bonds. The summed E-state index contributed by atoms with van der Waals surface area (Å²) >= 11 is 0. The molecule has 1 aromatic carbocycles. The zero-order chi connectivity index (χ0) is 13.5. The molecule has 0 spiro atoms. The van der Waals surface area contributed by atoms with Crippen molar-refractivity contribution in [3.63, 3.8) is 0 Å². The third-order valence-corrected chi connectivity index (χ3v) is 2.99. The molecular weight excluding hydrogens is 240 g/mol. The van der Waals surface area contributed by atoms with E-state index in [4.69, 9.17) is 0 Å². The molecule has 0 radical (unpaired) electrons. The zero-order valence-corrected chi connectivity index (χ0v) is 10.7. The Labute approximate surface area is 112 Å². The number of carbonyl (C=O) groups is 1. The first kappa shape index (κ1) is 13.4. The number of hydrazine groups is 1. The van der Waals surface area contributed by atoms with Crippen LogP contribution in [0.15, 0.2) is 48.2 Å². The minimum Gasteiger partial charge on any atom is -0.392 e. The number of aliphatic hydroxyl groups excluding tert-OH is 1. The molecule has 0 saturated heterocycles. The number of rotatable bonds is 4. The van der Waals surface area contributed by atoms with Crippen LogP contribution in [0.2, 0.25) is 0 Å². The van der Waals surface area contributed by atoms with Gasteiger partial charge in [-0.25, -0.2) is 0 Å². The van der Waals surface area contributed by atoms with Gasteiger partial charge in [0.25, 0.3) is 5.91 Å². The summed E-state index contributed by atoms with van der Waals surface area (Å²) in [5, 5.41) is 9.20. The summed E-state index contributed by atoms with van der Waals surface area (Å²) in [4.78, 5) is 12.0. The second-order valence-electron chi connectivity index (χ2n) is 4.39. The number of aliphatic hydroxyl groups is 1. The molecule has 0 unspecified atom stereocenters. The molecule has 2 rings (SSSR count). The molecule has 1 aromatic rings. The van der Waals surface area contributed by atoms with Crippen LogP contribution in [0.5, 0.6) is 0 Å². The van der Waals surface area contributed by atoms with E-state index in [9.17, 15) is 9.90 Å². The first-order chi connectivity index (χ1) is 9.31. The first-order valence-corrected chi connectivity index (χ1v) is 6.43. The molecule has 0 heterocycles. The highest BCUT2D eigenvalue weighted by atomic mass is 16.3. The maximum Gasteiger partial charge on any atom is 0.269 e. The molecule has 3 N–H and O–H groups in total. The average Bonchev–Trinajstić information content (AvgIpc) is 2.73. The monoisotopic (exact) mass is 258 g/mol. The van der Waals surface area contributed by atoms with Crippen molar-refractivity contribution in [2.24, 2.45) is 0 Å². The second kappa shape index (κ2) is 6.75. The van der Waals surface area contributed by atoms with Crippen molar-refractivity contribution in [2.45, 2.75) is 25.9 Å². The van der Waals surface area contributed by atoms with E-state index in [1.165, 1.54) is 0 Å². The lowest BCUT2D eigenvalue weighted by Crippen LogP contribution is -2.36. The highest BCUT2D eigenvalue weighted by Crippen LogP contribution is 2.09.